The first-order valence-corrected chi connectivity index (χ1v) is 7.43. The molecule has 0 heterocycles. The van der Waals surface area contributed by atoms with Crippen LogP contribution < -0.4 is 5.32 Å². The lowest BCUT2D eigenvalue weighted by molar-refractivity contribution is 0.0275. The smallest absolute Gasteiger partial charge is 0.126 e. The van der Waals surface area contributed by atoms with Crippen molar-refractivity contribution < 1.29 is 13.5 Å². The van der Waals surface area contributed by atoms with E-state index in [9.17, 15) is 8.78 Å². The minimum atomic E-state index is -0.546. The van der Waals surface area contributed by atoms with Crippen LogP contribution in [0.25, 0.3) is 0 Å². The number of benzene rings is 1. The fraction of sp³-hybridized carbons (Fsp3) is 0.625. The highest BCUT2D eigenvalue weighted by molar-refractivity contribution is 5.22. The van der Waals surface area contributed by atoms with Gasteiger partial charge >= 0.3 is 0 Å². The van der Waals surface area contributed by atoms with Gasteiger partial charge < -0.3 is 10.1 Å². The summed E-state index contributed by atoms with van der Waals surface area (Å²) in [6, 6.07) is 3.49. The largest absolute Gasteiger partial charge is 0.377 e. The Hall–Kier alpha value is -1.00. The van der Waals surface area contributed by atoms with E-state index < -0.39 is 11.6 Å². The molecule has 1 N–H and O–H groups in total. The summed E-state index contributed by atoms with van der Waals surface area (Å²) in [5.74, 6) is -1.09. The third kappa shape index (κ3) is 5.17. The summed E-state index contributed by atoms with van der Waals surface area (Å²) in [4.78, 5) is 0. The van der Waals surface area contributed by atoms with Crippen molar-refractivity contribution >= 4 is 0 Å². The Morgan fingerprint density at radius 2 is 1.70 bits per heavy atom. The van der Waals surface area contributed by atoms with Gasteiger partial charge in [0.2, 0.25) is 0 Å². The molecule has 0 fully saturated rings. The summed E-state index contributed by atoms with van der Waals surface area (Å²) in [5, 5.41) is 3.35. The van der Waals surface area contributed by atoms with Crippen molar-refractivity contribution in [3.05, 3.63) is 35.4 Å². The van der Waals surface area contributed by atoms with Gasteiger partial charge in [0.25, 0.3) is 0 Å². The maximum Gasteiger partial charge on any atom is 0.126 e. The van der Waals surface area contributed by atoms with E-state index in [-0.39, 0.29) is 12.1 Å². The van der Waals surface area contributed by atoms with Crippen LogP contribution >= 0.6 is 0 Å². The van der Waals surface area contributed by atoms with Gasteiger partial charge in [-0.3, -0.25) is 0 Å². The van der Waals surface area contributed by atoms with Crippen LogP contribution in [-0.2, 0) is 4.74 Å². The van der Waals surface area contributed by atoms with Crippen molar-refractivity contribution in [2.24, 2.45) is 0 Å². The Morgan fingerprint density at radius 1 is 1.05 bits per heavy atom. The van der Waals surface area contributed by atoms with Crippen molar-refractivity contribution in [1.82, 2.24) is 5.32 Å². The molecule has 0 amide bonds. The molecule has 0 aromatic heterocycles. The van der Waals surface area contributed by atoms with E-state index in [0.717, 1.165) is 31.9 Å². The molecule has 2 unspecified atom stereocenters. The first-order chi connectivity index (χ1) is 9.62. The number of halogens is 2. The normalized spacial score (nSPS) is 14.2. The van der Waals surface area contributed by atoms with E-state index in [1.165, 1.54) is 12.1 Å². The molecule has 1 aromatic carbocycles. The topological polar surface area (TPSA) is 21.3 Å². The lowest BCUT2D eigenvalue weighted by Crippen LogP contribution is -2.34. The molecule has 0 saturated heterocycles. The van der Waals surface area contributed by atoms with E-state index in [2.05, 4.69) is 19.2 Å². The first kappa shape index (κ1) is 17.1. The third-order valence-corrected chi connectivity index (χ3v) is 3.18. The Balaban J connectivity index is 3.01. The molecule has 1 aromatic rings. The van der Waals surface area contributed by atoms with Gasteiger partial charge in [-0.1, -0.05) is 20.3 Å². The zero-order valence-corrected chi connectivity index (χ0v) is 12.6. The summed E-state index contributed by atoms with van der Waals surface area (Å²) in [6.07, 6.45) is 2.71. The van der Waals surface area contributed by atoms with Crippen molar-refractivity contribution in [3.8, 4) is 0 Å². The maximum absolute atomic E-state index is 13.4. The average molecular weight is 285 g/mol. The Labute approximate surface area is 120 Å². The van der Waals surface area contributed by atoms with Gasteiger partial charge in [0.05, 0.1) is 12.1 Å². The van der Waals surface area contributed by atoms with Crippen LogP contribution in [0.4, 0.5) is 8.78 Å². The fourth-order valence-electron chi connectivity index (χ4n) is 2.36. The Morgan fingerprint density at radius 3 is 2.20 bits per heavy atom. The molecular formula is C16H25F2NO. The van der Waals surface area contributed by atoms with Gasteiger partial charge in [0, 0.05) is 12.7 Å². The molecule has 20 heavy (non-hydrogen) atoms. The number of hydrogen-bond acceptors (Lipinski definition) is 2. The van der Waals surface area contributed by atoms with Crippen LogP contribution in [0.5, 0.6) is 0 Å². The summed E-state index contributed by atoms with van der Waals surface area (Å²) in [6.45, 7) is 7.45. The average Bonchev–Trinajstić information content (AvgIpc) is 2.38. The molecule has 0 spiro atoms. The predicted octanol–water partition coefficient (Wildman–Crippen LogP) is 4.21. The second-order valence-electron chi connectivity index (χ2n) is 4.92. The van der Waals surface area contributed by atoms with E-state index in [1.807, 2.05) is 6.92 Å². The van der Waals surface area contributed by atoms with Crippen LogP contribution in [0.2, 0.25) is 0 Å². The first-order valence-electron chi connectivity index (χ1n) is 7.43. The lowest BCUT2D eigenvalue weighted by Gasteiger charge is -2.28. The summed E-state index contributed by atoms with van der Waals surface area (Å²) in [7, 11) is 0. The quantitative estimate of drug-likeness (QED) is 0.734. The predicted molar refractivity (Wildman–Crippen MR) is 77.7 cm³/mol. The summed E-state index contributed by atoms with van der Waals surface area (Å²) < 4.78 is 32.6. The van der Waals surface area contributed by atoms with Gasteiger partial charge in [0.15, 0.2) is 0 Å². The van der Waals surface area contributed by atoms with E-state index in [1.54, 1.807) is 0 Å². The Bertz CT molecular complexity index is 372. The Kier molecular flexibility index (Phi) is 7.70. The summed E-state index contributed by atoms with van der Waals surface area (Å²) in [5.41, 5.74) is 0.614. The van der Waals surface area contributed by atoms with Crippen LogP contribution in [0, 0.1) is 11.6 Å². The minimum absolute atomic E-state index is 0.0715. The molecule has 2 atom stereocenters. The van der Waals surface area contributed by atoms with Gasteiger partial charge in [-0.2, -0.15) is 0 Å². The molecular weight excluding hydrogens is 260 g/mol. The molecule has 1 rings (SSSR count). The van der Waals surface area contributed by atoms with Gasteiger partial charge in [-0.15, -0.1) is 0 Å². The SMILES string of the molecule is CCCNC(c1cc(F)cc(F)c1)C(CCC)OCC. The number of nitrogens with one attached hydrogen (secondary N) is 1. The highest BCUT2D eigenvalue weighted by atomic mass is 19.1. The molecule has 0 aliphatic carbocycles. The van der Waals surface area contributed by atoms with E-state index in [0.29, 0.717) is 12.2 Å². The van der Waals surface area contributed by atoms with Crippen molar-refractivity contribution in [2.75, 3.05) is 13.2 Å². The third-order valence-electron chi connectivity index (χ3n) is 3.18. The van der Waals surface area contributed by atoms with Gasteiger partial charge in [-0.25, -0.2) is 8.78 Å². The molecule has 0 aliphatic rings. The van der Waals surface area contributed by atoms with Crippen LogP contribution in [0.1, 0.15) is 51.6 Å². The molecule has 0 aliphatic heterocycles. The summed E-state index contributed by atoms with van der Waals surface area (Å²) >= 11 is 0. The molecule has 0 bridgehead atoms. The van der Waals surface area contributed by atoms with Crippen molar-refractivity contribution in [3.63, 3.8) is 0 Å². The highest BCUT2D eigenvalue weighted by Gasteiger charge is 2.23. The van der Waals surface area contributed by atoms with Gasteiger partial charge in [0.1, 0.15) is 11.6 Å². The van der Waals surface area contributed by atoms with E-state index in [4.69, 9.17) is 4.74 Å². The fourth-order valence-corrected chi connectivity index (χ4v) is 2.36. The minimum Gasteiger partial charge on any atom is -0.377 e. The highest BCUT2D eigenvalue weighted by Crippen LogP contribution is 2.24. The van der Waals surface area contributed by atoms with Crippen LogP contribution in [-0.4, -0.2) is 19.3 Å². The van der Waals surface area contributed by atoms with Gasteiger partial charge in [-0.05, 0) is 44.0 Å². The monoisotopic (exact) mass is 285 g/mol. The zero-order valence-electron chi connectivity index (χ0n) is 12.6. The van der Waals surface area contributed by atoms with Crippen LogP contribution in [0.15, 0.2) is 18.2 Å². The number of ether oxygens (including phenoxy) is 1. The van der Waals surface area contributed by atoms with Crippen molar-refractivity contribution in [1.29, 1.82) is 0 Å². The second-order valence-corrected chi connectivity index (χ2v) is 4.92. The lowest BCUT2D eigenvalue weighted by atomic mass is 9.97. The van der Waals surface area contributed by atoms with Crippen molar-refractivity contribution in [2.45, 2.75) is 52.2 Å². The molecule has 4 heteroatoms. The molecule has 114 valence electrons. The number of hydrogen-bond donors (Lipinski definition) is 1. The number of rotatable bonds is 9. The molecule has 0 saturated carbocycles. The molecule has 0 radical (unpaired) electrons. The van der Waals surface area contributed by atoms with Crippen LogP contribution in [0.3, 0.4) is 0 Å². The standard InChI is InChI=1S/C16H25F2NO/c1-4-7-15(20-6-3)16(19-8-5-2)12-9-13(17)11-14(18)10-12/h9-11,15-16,19H,4-8H2,1-3H3. The molecule has 2 nitrogen and oxygen atoms in total. The maximum atomic E-state index is 13.4. The van der Waals surface area contributed by atoms with E-state index >= 15 is 0 Å². The second kappa shape index (κ2) is 9.03. The zero-order chi connectivity index (χ0) is 15.0.